The van der Waals surface area contributed by atoms with Crippen molar-refractivity contribution in [3.8, 4) is 5.75 Å². The average molecular weight is 359 g/mol. The highest BCUT2D eigenvalue weighted by Crippen LogP contribution is 2.29. The number of aromatic nitrogens is 1. The number of carbonyl (C=O) groups excluding carboxylic acids is 1. The van der Waals surface area contributed by atoms with E-state index in [1.54, 1.807) is 23.8 Å². The Labute approximate surface area is 148 Å². The minimum Gasteiger partial charge on any atom is -0.495 e. The van der Waals surface area contributed by atoms with Crippen molar-refractivity contribution in [1.82, 2.24) is 10.3 Å². The van der Waals surface area contributed by atoms with Gasteiger partial charge >= 0.3 is 0 Å². The first-order valence-corrected chi connectivity index (χ1v) is 9.09. The van der Waals surface area contributed by atoms with Gasteiger partial charge in [0.1, 0.15) is 11.4 Å². The molecule has 0 aliphatic heterocycles. The maximum absolute atomic E-state index is 12.2. The predicted molar refractivity (Wildman–Crippen MR) is 98.6 cm³/mol. The lowest BCUT2D eigenvalue weighted by atomic mass is 10.2. The predicted octanol–water partition coefficient (Wildman–Crippen LogP) is 4.20. The fourth-order valence-electron chi connectivity index (χ4n) is 2.14. The molecule has 0 aliphatic carbocycles. The van der Waals surface area contributed by atoms with Crippen LogP contribution in [0.3, 0.4) is 0 Å². The van der Waals surface area contributed by atoms with Gasteiger partial charge in [-0.3, -0.25) is 4.79 Å². The Bertz CT molecular complexity index is 828. The number of anilines is 2. The number of aryl methyl sites for hydroxylation is 1. The third-order valence-corrected chi connectivity index (χ3v) is 4.97. The molecule has 2 N–H and O–H groups in total. The van der Waals surface area contributed by atoms with Gasteiger partial charge in [0.2, 0.25) is 0 Å². The van der Waals surface area contributed by atoms with Crippen LogP contribution in [0.5, 0.6) is 5.75 Å². The lowest BCUT2D eigenvalue weighted by Gasteiger charge is -2.09. The molecule has 0 aliphatic rings. The van der Waals surface area contributed by atoms with Gasteiger partial charge in [-0.05, 0) is 36.1 Å². The quantitative estimate of drug-likeness (QED) is 0.692. The molecule has 7 heteroatoms. The summed E-state index contributed by atoms with van der Waals surface area (Å²) in [7, 11) is 1.63. The first-order valence-electron chi connectivity index (χ1n) is 7.33. The number of thiophene rings is 1. The van der Waals surface area contributed by atoms with Crippen molar-refractivity contribution in [2.75, 3.05) is 12.4 Å². The first kappa shape index (κ1) is 16.5. The van der Waals surface area contributed by atoms with Gasteiger partial charge in [-0.15, -0.1) is 22.7 Å². The molecule has 24 heavy (non-hydrogen) atoms. The molecule has 0 unspecified atom stereocenters. The normalized spacial score (nSPS) is 10.4. The third kappa shape index (κ3) is 3.93. The van der Waals surface area contributed by atoms with Crippen molar-refractivity contribution in [2.24, 2.45) is 0 Å². The molecule has 1 amide bonds. The second kappa shape index (κ2) is 7.46. The summed E-state index contributed by atoms with van der Waals surface area (Å²) in [5.74, 6) is 0.559. The number of methoxy groups -OCH3 is 1. The van der Waals surface area contributed by atoms with Crippen molar-refractivity contribution in [2.45, 2.75) is 13.5 Å². The Balaban J connectivity index is 1.67. The summed E-state index contributed by atoms with van der Waals surface area (Å²) in [5, 5.41) is 10.5. The number of amides is 1. The van der Waals surface area contributed by atoms with E-state index in [4.69, 9.17) is 4.74 Å². The number of nitrogens with zero attached hydrogens (tertiary/aromatic N) is 1. The molecule has 0 atom stereocenters. The summed E-state index contributed by atoms with van der Waals surface area (Å²) in [6, 6.07) is 9.82. The molecule has 1 aromatic carbocycles. The maximum Gasteiger partial charge on any atom is 0.271 e. The van der Waals surface area contributed by atoms with Crippen LogP contribution in [0.4, 0.5) is 10.8 Å². The van der Waals surface area contributed by atoms with Crippen LogP contribution in [0, 0.1) is 6.92 Å². The Hall–Kier alpha value is -2.38. The van der Waals surface area contributed by atoms with Gasteiger partial charge in [0.15, 0.2) is 5.13 Å². The minimum absolute atomic E-state index is 0.177. The summed E-state index contributed by atoms with van der Waals surface area (Å²) in [5.41, 5.74) is 2.35. The second-order valence-corrected chi connectivity index (χ2v) is 7.02. The SMILES string of the molecule is COc1ccc(C)cc1Nc1nc(C(=O)NCc2cccs2)cs1. The van der Waals surface area contributed by atoms with E-state index in [0.717, 1.165) is 21.9 Å². The molecule has 0 bridgehead atoms. The number of nitrogens with one attached hydrogen (secondary N) is 2. The standard InChI is InChI=1S/C17H17N3O2S2/c1-11-5-6-15(22-2)13(8-11)19-17-20-14(10-24-17)16(21)18-9-12-4-3-7-23-12/h3-8,10H,9H2,1-2H3,(H,18,21)(H,19,20). The molecule has 5 nitrogen and oxygen atoms in total. The molecule has 2 heterocycles. The summed E-state index contributed by atoms with van der Waals surface area (Å²) in [4.78, 5) is 17.6. The number of hydrogen-bond acceptors (Lipinski definition) is 6. The van der Waals surface area contributed by atoms with Crippen LogP contribution in [-0.2, 0) is 6.54 Å². The van der Waals surface area contributed by atoms with Crippen molar-refractivity contribution in [1.29, 1.82) is 0 Å². The van der Waals surface area contributed by atoms with Crippen molar-refractivity contribution in [3.05, 3.63) is 57.2 Å². The molecular weight excluding hydrogens is 342 g/mol. The monoisotopic (exact) mass is 359 g/mol. The van der Waals surface area contributed by atoms with E-state index in [0.29, 0.717) is 17.4 Å². The number of rotatable bonds is 6. The molecule has 0 radical (unpaired) electrons. The first-order chi connectivity index (χ1) is 11.7. The van der Waals surface area contributed by atoms with Crippen LogP contribution in [-0.4, -0.2) is 18.0 Å². The summed E-state index contributed by atoms with van der Waals surface area (Å²) >= 11 is 3.00. The van der Waals surface area contributed by atoms with Gasteiger partial charge in [0, 0.05) is 10.3 Å². The molecule has 0 saturated heterocycles. The topological polar surface area (TPSA) is 63.2 Å². The van der Waals surface area contributed by atoms with E-state index < -0.39 is 0 Å². The molecule has 0 fully saturated rings. The lowest BCUT2D eigenvalue weighted by molar-refractivity contribution is 0.0947. The van der Waals surface area contributed by atoms with Crippen molar-refractivity contribution < 1.29 is 9.53 Å². The largest absolute Gasteiger partial charge is 0.495 e. The van der Waals surface area contributed by atoms with Crippen molar-refractivity contribution in [3.63, 3.8) is 0 Å². The number of carbonyl (C=O) groups is 1. The zero-order chi connectivity index (χ0) is 16.9. The number of thiazole rings is 1. The number of hydrogen-bond donors (Lipinski definition) is 2. The number of ether oxygens (including phenoxy) is 1. The Kier molecular flexibility index (Phi) is 5.12. The molecule has 0 saturated carbocycles. The fourth-order valence-corrected chi connectivity index (χ4v) is 3.49. The highest BCUT2D eigenvalue weighted by Gasteiger charge is 2.12. The Morgan fingerprint density at radius 2 is 2.17 bits per heavy atom. The lowest BCUT2D eigenvalue weighted by Crippen LogP contribution is -2.22. The van der Waals surface area contributed by atoms with Gasteiger partial charge < -0.3 is 15.4 Å². The maximum atomic E-state index is 12.2. The van der Waals surface area contributed by atoms with E-state index in [-0.39, 0.29) is 5.91 Å². The van der Waals surface area contributed by atoms with E-state index >= 15 is 0 Å². The molecule has 0 spiro atoms. The summed E-state index contributed by atoms with van der Waals surface area (Å²) in [6.45, 7) is 2.53. The minimum atomic E-state index is -0.177. The van der Waals surface area contributed by atoms with E-state index in [9.17, 15) is 4.79 Å². The van der Waals surface area contributed by atoms with Crippen LogP contribution in [0.1, 0.15) is 20.9 Å². The van der Waals surface area contributed by atoms with E-state index in [1.165, 1.54) is 11.3 Å². The van der Waals surface area contributed by atoms with Crippen LogP contribution in [0.2, 0.25) is 0 Å². The second-order valence-electron chi connectivity index (χ2n) is 5.13. The molecular formula is C17H17N3O2S2. The van der Waals surface area contributed by atoms with Crippen LogP contribution >= 0.6 is 22.7 Å². The Morgan fingerprint density at radius 3 is 2.92 bits per heavy atom. The third-order valence-electron chi connectivity index (χ3n) is 3.34. The van der Waals surface area contributed by atoms with Crippen LogP contribution in [0.25, 0.3) is 0 Å². The van der Waals surface area contributed by atoms with Crippen molar-refractivity contribution >= 4 is 39.4 Å². The fraction of sp³-hybridized carbons (Fsp3) is 0.176. The zero-order valence-electron chi connectivity index (χ0n) is 13.3. The molecule has 2 aromatic heterocycles. The van der Waals surface area contributed by atoms with Gasteiger partial charge in [-0.1, -0.05) is 12.1 Å². The van der Waals surface area contributed by atoms with Gasteiger partial charge in [0.25, 0.3) is 5.91 Å². The van der Waals surface area contributed by atoms with E-state index in [1.807, 2.05) is 42.6 Å². The van der Waals surface area contributed by atoms with Gasteiger partial charge in [-0.2, -0.15) is 0 Å². The molecule has 124 valence electrons. The highest BCUT2D eigenvalue weighted by atomic mass is 32.1. The molecule has 3 aromatic rings. The van der Waals surface area contributed by atoms with E-state index in [2.05, 4.69) is 15.6 Å². The van der Waals surface area contributed by atoms with Crippen LogP contribution < -0.4 is 15.4 Å². The highest BCUT2D eigenvalue weighted by molar-refractivity contribution is 7.14. The summed E-state index contributed by atoms with van der Waals surface area (Å²) in [6.07, 6.45) is 0. The number of benzene rings is 1. The Morgan fingerprint density at radius 1 is 1.29 bits per heavy atom. The van der Waals surface area contributed by atoms with Gasteiger partial charge in [0.05, 0.1) is 19.3 Å². The van der Waals surface area contributed by atoms with Crippen LogP contribution in [0.15, 0.2) is 41.1 Å². The zero-order valence-corrected chi connectivity index (χ0v) is 15.0. The smallest absolute Gasteiger partial charge is 0.271 e. The van der Waals surface area contributed by atoms with Gasteiger partial charge in [-0.25, -0.2) is 4.98 Å². The molecule has 3 rings (SSSR count). The summed E-state index contributed by atoms with van der Waals surface area (Å²) < 4.78 is 5.34. The average Bonchev–Trinajstić information content (AvgIpc) is 3.24.